The highest BCUT2D eigenvalue weighted by molar-refractivity contribution is 6.48. The fourth-order valence-corrected chi connectivity index (χ4v) is 5.99. The van der Waals surface area contributed by atoms with Gasteiger partial charge in [-0.1, -0.05) is 11.6 Å². The molecule has 2 heterocycles. The Morgan fingerprint density at radius 2 is 1.73 bits per heavy atom. The molecular weight excluding hydrogens is 556 g/mol. The first-order chi connectivity index (χ1) is 19.1. The number of Topliss-reactive ketones (excluding diaryl/α,β-unsaturated/α-hetero) is 1. The van der Waals surface area contributed by atoms with E-state index in [-0.39, 0.29) is 39.4 Å². The lowest BCUT2D eigenvalue weighted by atomic mass is 9.76. The van der Waals surface area contributed by atoms with Crippen LogP contribution in [0.5, 0.6) is 0 Å². The van der Waals surface area contributed by atoms with Crippen molar-refractivity contribution in [2.75, 3.05) is 5.32 Å². The van der Waals surface area contributed by atoms with Crippen LogP contribution in [0.1, 0.15) is 98.3 Å². The van der Waals surface area contributed by atoms with Crippen molar-refractivity contribution in [1.29, 1.82) is 0 Å². The van der Waals surface area contributed by atoms with Gasteiger partial charge in [0.2, 0.25) is 0 Å². The van der Waals surface area contributed by atoms with Crippen LogP contribution in [0, 0.1) is 24.5 Å². The molecule has 0 saturated heterocycles. The van der Waals surface area contributed by atoms with Gasteiger partial charge >= 0.3 is 5.97 Å². The molecule has 0 unspecified atom stereocenters. The zero-order valence-corrected chi connectivity index (χ0v) is 24.8. The van der Waals surface area contributed by atoms with Crippen molar-refractivity contribution in [2.45, 2.75) is 97.2 Å². The molecule has 1 saturated carbocycles. The van der Waals surface area contributed by atoms with Crippen molar-refractivity contribution in [3.8, 4) is 0 Å². The van der Waals surface area contributed by atoms with Gasteiger partial charge in [0.15, 0.2) is 0 Å². The van der Waals surface area contributed by atoms with Gasteiger partial charge in [0.1, 0.15) is 22.9 Å². The molecule has 1 fully saturated rings. The number of fused-ring (bicyclic) bond motifs is 1. The van der Waals surface area contributed by atoms with Gasteiger partial charge in [0.05, 0.1) is 10.6 Å². The number of aromatic nitrogens is 1. The van der Waals surface area contributed by atoms with Crippen molar-refractivity contribution in [2.24, 2.45) is 5.92 Å². The third-order valence-electron chi connectivity index (χ3n) is 7.79. The molecule has 2 aliphatic rings. The standard InChI is InChI=1S/C30H36ClF2N3O5/c1-16-19(32)14-18(15-20(16)33)34-27(39)23-21-7-6-12-36(21)25(24(23)31)26(38)28(40)35-30(5)10-8-17(9-11-30)13-22(37)41-29(2,3)4/h14-15,17H,6-13H2,1-5H3,(H,34,39)(H,35,40). The van der Waals surface area contributed by atoms with Gasteiger partial charge in [-0.3, -0.25) is 19.2 Å². The second-order valence-electron chi connectivity index (χ2n) is 12.3. The van der Waals surface area contributed by atoms with Gasteiger partial charge in [0.25, 0.3) is 17.6 Å². The number of carbonyl (C=O) groups excluding carboxylic acids is 4. The zero-order chi connectivity index (χ0) is 30.3. The molecule has 11 heteroatoms. The second kappa shape index (κ2) is 11.5. The molecule has 4 rings (SSSR count). The number of rotatable bonds is 7. The lowest BCUT2D eigenvalue weighted by Gasteiger charge is -2.38. The number of nitrogens with zero attached hydrogens (tertiary/aromatic N) is 1. The number of ketones is 1. The summed E-state index contributed by atoms with van der Waals surface area (Å²) in [6.07, 6.45) is 3.93. The summed E-state index contributed by atoms with van der Waals surface area (Å²) in [5.41, 5.74) is -1.04. The van der Waals surface area contributed by atoms with Gasteiger partial charge in [-0.2, -0.15) is 0 Å². The number of nitrogens with one attached hydrogen (secondary N) is 2. The van der Waals surface area contributed by atoms with Crippen LogP contribution in [0.2, 0.25) is 5.02 Å². The molecule has 0 spiro atoms. The molecule has 2 amide bonds. The number of anilines is 1. The Morgan fingerprint density at radius 1 is 1.12 bits per heavy atom. The summed E-state index contributed by atoms with van der Waals surface area (Å²) in [4.78, 5) is 51.9. The summed E-state index contributed by atoms with van der Waals surface area (Å²) in [6, 6.07) is 2.01. The average Bonchev–Trinajstić information content (AvgIpc) is 3.41. The Hall–Kier alpha value is -3.27. The smallest absolute Gasteiger partial charge is 0.306 e. The minimum Gasteiger partial charge on any atom is -0.460 e. The summed E-state index contributed by atoms with van der Waals surface area (Å²) in [5.74, 6) is -4.16. The van der Waals surface area contributed by atoms with Crippen molar-refractivity contribution >= 4 is 40.9 Å². The van der Waals surface area contributed by atoms with E-state index in [1.54, 1.807) is 4.57 Å². The van der Waals surface area contributed by atoms with E-state index in [2.05, 4.69) is 10.6 Å². The summed E-state index contributed by atoms with van der Waals surface area (Å²) in [5, 5.41) is 5.15. The van der Waals surface area contributed by atoms with Crippen LogP contribution in [0.25, 0.3) is 0 Å². The van der Waals surface area contributed by atoms with E-state index < -0.39 is 40.4 Å². The number of hydrogen-bond acceptors (Lipinski definition) is 5. The monoisotopic (exact) mass is 591 g/mol. The topological polar surface area (TPSA) is 106 Å². The van der Waals surface area contributed by atoms with Gasteiger partial charge in [-0.15, -0.1) is 0 Å². The molecule has 1 aliphatic carbocycles. The van der Waals surface area contributed by atoms with E-state index >= 15 is 0 Å². The van der Waals surface area contributed by atoms with Gasteiger partial charge in [-0.05, 0) is 91.2 Å². The summed E-state index contributed by atoms with van der Waals surface area (Å²) < 4.78 is 35.0. The first-order valence-corrected chi connectivity index (χ1v) is 14.2. The Labute approximate surface area is 243 Å². The number of hydrogen-bond donors (Lipinski definition) is 2. The molecule has 0 radical (unpaired) electrons. The van der Waals surface area contributed by atoms with Crippen LogP contribution in [-0.2, 0) is 27.3 Å². The maximum atomic E-state index is 14.0. The van der Waals surface area contributed by atoms with E-state index in [0.29, 0.717) is 57.2 Å². The second-order valence-corrected chi connectivity index (χ2v) is 12.7. The van der Waals surface area contributed by atoms with Crippen LogP contribution >= 0.6 is 11.6 Å². The third kappa shape index (κ3) is 6.80. The van der Waals surface area contributed by atoms with Gasteiger partial charge in [-0.25, -0.2) is 8.78 Å². The SMILES string of the molecule is Cc1c(F)cc(NC(=O)c2c(Cl)c(C(=O)C(=O)NC3(C)CCC(CC(=O)OC(C)(C)C)CC3)n3c2CCC3)cc1F. The largest absolute Gasteiger partial charge is 0.460 e. The fourth-order valence-electron chi connectivity index (χ4n) is 5.61. The normalized spacial score (nSPS) is 20.3. The molecule has 41 heavy (non-hydrogen) atoms. The molecule has 2 N–H and O–H groups in total. The minimum absolute atomic E-state index is 0.00979. The lowest BCUT2D eigenvalue weighted by Crippen LogP contribution is -2.51. The van der Waals surface area contributed by atoms with Crippen LogP contribution in [0.15, 0.2) is 12.1 Å². The highest BCUT2D eigenvalue weighted by atomic mass is 35.5. The molecule has 2 aromatic rings. The Balaban J connectivity index is 1.46. The molecule has 8 nitrogen and oxygen atoms in total. The van der Waals surface area contributed by atoms with Crippen molar-refractivity contribution < 1.29 is 32.7 Å². The number of esters is 1. The highest BCUT2D eigenvalue weighted by Crippen LogP contribution is 2.36. The van der Waals surface area contributed by atoms with E-state index in [1.165, 1.54) is 6.92 Å². The van der Waals surface area contributed by atoms with E-state index in [9.17, 15) is 28.0 Å². The van der Waals surface area contributed by atoms with Crippen molar-refractivity contribution in [3.05, 3.63) is 51.3 Å². The number of amides is 2. The maximum Gasteiger partial charge on any atom is 0.306 e. The Kier molecular flexibility index (Phi) is 8.64. The Bertz CT molecular complexity index is 1380. The minimum atomic E-state index is -0.860. The predicted molar refractivity (Wildman–Crippen MR) is 150 cm³/mol. The maximum absolute atomic E-state index is 14.0. The fraction of sp³-hybridized carbons (Fsp3) is 0.533. The lowest BCUT2D eigenvalue weighted by molar-refractivity contribution is -0.156. The third-order valence-corrected chi connectivity index (χ3v) is 8.16. The van der Waals surface area contributed by atoms with Crippen LogP contribution < -0.4 is 10.6 Å². The summed E-state index contributed by atoms with van der Waals surface area (Å²) >= 11 is 6.55. The van der Waals surface area contributed by atoms with E-state index in [0.717, 1.165) is 12.1 Å². The molecule has 222 valence electrons. The predicted octanol–water partition coefficient (Wildman–Crippen LogP) is 5.91. The number of benzene rings is 1. The number of ether oxygens (including phenoxy) is 1. The van der Waals surface area contributed by atoms with Crippen LogP contribution in [-0.4, -0.2) is 39.3 Å². The molecule has 1 aliphatic heterocycles. The molecule has 0 atom stereocenters. The van der Waals surface area contributed by atoms with E-state index in [1.807, 2.05) is 27.7 Å². The Morgan fingerprint density at radius 3 is 2.32 bits per heavy atom. The summed E-state index contributed by atoms with van der Waals surface area (Å²) in [7, 11) is 0. The molecular formula is C30H36ClF2N3O5. The number of carbonyl (C=O) groups is 4. The molecule has 1 aromatic carbocycles. The van der Waals surface area contributed by atoms with Crippen LogP contribution in [0.4, 0.5) is 14.5 Å². The molecule has 1 aromatic heterocycles. The zero-order valence-electron chi connectivity index (χ0n) is 24.0. The molecule has 0 bridgehead atoms. The van der Waals surface area contributed by atoms with Crippen molar-refractivity contribution in [3.63, 3.8) is 0 Å². The highest BCUT2D eigenvalue weighted by Gasteiger charge is 2.38. The number of halogens is 3. The first-order valence-electron chi connectivity index (χ1n) is 13.8. The first kappa shape index (κ1) is 30.7. The quantitative estimate of drug-likeness (QED) is 0.237. The van der Waals surface area contributed by atoms with Crippen LogP contribution in [0.3, 0.4) is 0 Å². The van der Waals surface area contributed by atoms with Gasteiger partial charge in [0, 0.05) is 35.4 Å². The van der Waals surface area contributed by atoms with Gasteiger partial charge < -0.3 is 19.9 Å². The van der Waals surface area contributed by atoms with E-state index in [4.69, 9.17) is 16.3 Å². The van der Waals surface area contributed by atoms with Crippen molar-refractivity contribution in [1.82, 2.24) is 9.88 Å². The average molecular weight is 592 g/mol. The summed E-state index contributed by atoms with van der Waals surface area (Å²) in [6.45, 7) is 9.02.